The fraction of sp³-hybridized carbons (Fsp3) is 0.618. The van der Waals surface area contributed by atoms with Gasteiger partial charge in [-0.3, -0.25) is 4.90 Å². The van der Waals surface area contributed by atoms with Gasteiger partial charge in [-0.1, -0.05) is 60.7 Å². The summed E-state index contributed by atoms with van der Waals surface area (Å²) >= 11 is 0. The van der Waals surface area contributed by atoms with Gasteiger partial charge in [0.2, 0.25) is 0 Å². The van der Waals surface area contributed by atoms with E-state index in [0.717, 1.165) is 51.8 Å². The number of amides is 1. The Hall–Kier alpha value is -2.37. The van der Waals surface area contributed by atoms with E-state index in [9.17, 15) is 4.79 Å². The normalized spacial score (nSPS) is 26.0. The molecule has 2 aromatic rings. The first-order chi connectivity index (χ1) is 18.7. The average Bonchev–Trinajstić information content (AvgIpc) is 2.88. The first-order valence-electron chi connectivity index (χ1n) is 15.1. The van der Waals surface area contributed by atoms with Gasteiger partial charge in [0, 0.05) is 37.8 Å². The summed E-state index contributed by atoms with van der Waals surface area (Å²) < 4.78 is 12.1. The van der Waals surface area contributed by atoms with Crippen LogP contribution < -0.4 is 0 Å². The van der Waals surface area contributed by atoms with Gasteiger partial charge in [0.05, 0.1) is 6.10 Å². The van der Waals surface area contributed by atoms with Crippen LogP contribution in [0.4, 0.5) is 4.79 Å². The number of carbonyl (C=O) groups is 1. The Bertz CT molecular complexity index is 945. The van der Waals surface area contributed by atoms with Crippen molar-refractivity contribution in [2.24, 2.45) is 5.92 Å². The SMILES string of the molecule is CC1CC(CCOC2CCC(N(Cc3ccccc3)Cc3ccccc3)CC2)C[C@H](C)N1C(=O)OC(C)(C)C. The van der Waals surface area contributed by atoms with Gasteiger partial charge in [0.1, 0.15) is 5.60 Å². The van der Waals surface area contributed by atoms with E-state index >= 15 is 0 Å². The molecule has 5 nitrogen and oxygen atoms in total. The maximum absolute atomic E-state index is 12.7. The van der Waals surface area contributed by atoms with Gasteiger partial charge in [0.15, 0.2) is 0 Å². The molecular formula is C34H50N2O3. The minimum atomic E-state index is -0.458. The van der Waals surface area contributed by atoms with Crippen molar-refractivity contribution >= 4 is 6.09 Å². The lowest BCUT2D eigenvalue weighted by Gasteiger charge is -2.43. The Morgan fingerprint density at radius 2 is 1.36 bits per heavy atom. The zero-order chi connectivity index (χ0) is 27.8. The second-order valence-corrected chi connectivity index (χ2v) is 12.9. The third-order valence-corrected chi connectivity index (χ3v) is 8.40. The van der Waals surface area contributed by atoms with Gasteiger partial charge in [-0.05, 0) is 96.6 Å². The van der Waals surface area contributed by atoms with Crippen molar-refractivity contribution in [1.82, 2.24) is 9.80 Å². The minimum absolute atomic E-state index is 0.178. The number of likely N-dealkylation sites (tertiary alicyclic amines) is 1. The molecule has 5 heteroatoms. The van der Waals surface area contributed by atoms with Crippen molar-refractivity contribution < 1.29 is 14.3 Å². The Morgan fingerprint density at radius 1 is 0.846 bits per heavy atom. The van der Waals surface area contributed by atoms with E-state index < -0.39 is 5.60 Å². The van der Waals surface area contributed by atoms with Crippen LogP contribution in [0.2, 0.25) is 0 Å². The van der Waals surface area contributed by atoms with Gasteiger partial charge in [-0.25, -0.2) is 4.79 Å². The van der Waals surface area contributed by atoms with Gasteiger partial charge >= 0.3 is 6.09 Å². The largest absolute Gasteiger partial charge is 0.444 e. The molecule has 0 N–H and O–H groups in total. The molecule has 3 atom stereocenters. The lowest BCUT2D eigenvalue weighted by molar-refractivity contribution is -0.0202. The molecule has 0 radical (unpaired) electrons. The first kappa shape index (κ1) is 29.6. The number of carbonyl (C=O) groups excluding carboxylic acids is 1. The highest BCUT2D eigenvalue weighted by Gasteiger charge is 2.36. The van der Waals surface area contributed by atoms with Crippen molar-refractivity contribution in [3.8, 4) is 0 Å². The highest BCUT2D eigenvalue weighted by Crippen LogP contribution is 2.32. The molecule has 39 heavy (non-hydrogen) atoms. The molecule has 2 unspecified atom stereocenters. The minimum Gasteiger partial charge on any atom is -0.444 e. The zero-order valence-electron chi connectivity index (χ0n) is 24.9. The summed E-state index contributed by atoms with van der Waals surface area (Å²) in [5.41, 5.74) is 2.31. The molecule has 2 aromatic carbocycles. The second-order valence-electron chi connectivity index (χ2n) is 12.9. The van der Waals surface area contributed by atoms with Crippen molar-refractivity contribution in [1.29, 1.82) is 0 Å². The van der Waals surface area contributed by atoms with Crippen molar-refractivity contribution in [2.45, 2.75) is 122 Å². The summed E-state index contributed by atoms with van der Waals surface area (Å²) in [6.07, 6.45) is 7.95. The van der Waals surface area contributed by atoms with Crippen molar-refractivity contribution in [3.63, 3.8) is 0 Å². The predicted molar refractivity (Wildman–Crippen MR) is 158 cm³/mol. The summed E-state index contributed by atoms with van der Waals surface area (Å²) in [7, 11) is 0. The Morgan fingerprint density at radius 3 is 1.85 bits per heavy atom. The van der Waals surface area contributed by atoms with Crippen LogP contribution in [0, 0.1) is 5.92 Å². The lowest BCUT2D eigenvalue weighted by Crippen LogP contribution is -2.51. The molecule has 1 aliphatic carbocycles. The van der Waals surface area contributed by atoms with E-state index in [1.165, 1.54) is 24.0 Å². The van der Waals surface area contributed by atoms with Gasteiger partial charge in [-0.2, -0.15) is 0 Å². The maximum Gasteiger partial charge on any atom is 0.410 e. The highest BCUT2D eigenvalue weighted by molar-refractivity contribution is 5.69. The Kier molecular flexibility index (Phi) is 10.5. The number of nitrogens with zero attached hydrogens (tertiary/aromatic N) is 2. The van der Waals surface area contributed by atoms with Crippen LogP contribution >= 0.6 is 0 Å². The van der Waals surface area contributed by atoms with Gasteiger partial charge in [0.25, 0.3) is 0 Å². The molecular weight excluding hydrogens is 484 g/mol. The summed E-state index contributed by atoms with van der Waals surface area (Å²) in [6, 6.07) is 22.7. The van der Waals surface area contributed by atoms with Crippen LogP contribution in [0.1, 0.15) is 90.7 Å². The molecule has 2 fully saturated rings. The number of ether oxygens (including phenoxy) is 2. The standard InChI is InChI=1S/C34H50N2O3/c1-26-22-30(23-27(2)36(26)33(37)39-34(3,4)5)20-21-38-32-18-16-31(17-19-32)35(24-28-12-8-6-9-13-28)25-29-14-10-7-11-15-29/h6-15,26-27,30-32H,16-25H2,1-5H3/t26-,27?,30?,31?,32?/m0/s1. The van der Waals surface area contributed by atoms with E-state index in [2.05, 4.69) is 79.4 Å². The van der Waals surface area contributed by atoms with E-state index in [0.29, 0.717) is 18.1 Å². The molecule has 2 aliphatic rings. The zero-order valence-corrected chi connectivity index (χ0v) is 24.9. The van der Waals surface area contributed by atoms with Crippen LogP contribution in [-0.2, 0) is 22.6 Å². The Balaban J connectivity index is 1.22. The number of hydrogen-bond acceptors (Lipinski definition) is 4. The summed E-state index contributed by atoms with van der Waals surface area (Å²) in [5, 5.41) is 0. The van der Waals surface area contributed by atoms with Crippen LogP contribution in [0.25, 0.3) is 0 Å². The van der Waals surface area contributed by atoms with E-state index in [1.807, 2.05) is 25.7 Å². The fourth-order valence-electron chi connectivity index (χ4n) is 6.56. The predicted octanol–water partition coefficient (Wildman–Crippen LogP) is 7.83. The van der Waals surface area contributed by atoms with Crippen LogP contribution in [0.15, 0.2) is 60.7 Å². The van der Waals surface area contributed by atoms with E-state index in [-0.39, 0.29) is 18.2 Å². The quantitative estimate of drug-likeness (QED) is 0.329. The highest BCUT2D eigenvalue weighted by atomic mass is 16.6. The van der Waals surface area contributed by atoms with Crippen molar-refractivity contribution in [3.05, 3.63) is 71.8 Å². The van der Waals surface area contributed by atoms with Gasteiger partial charge < -0.3 is 14.4 Å². The Labute approximate surface area is 236 Å². The van der Waals surface area contributed by atoms with Crippen molar-refractivity contribution in [2.75, 3.05) is 6.61 Å². The fourth-order valence-corrected chi connectivity index (χ4v) is 6.56. The number of rotatable bonds is 9. The molecule has 1 amide bonds. The summed E-state index contributed by atoms with van der Waals surface area (Å²) in [4.78, 5) is 17.3. The molecule has 1 aliphatic heterocycles. The summed E-state index contributed by atoms with van der Waals surface area (Å²) in [6.45, 7) is 12.9. The topological polar surface area (TPSA) is 42.0 Å². The number of piperidine rings is 1. The smallest absolute Gasteiger partial charge is 0.410 e. The maximum atomic E-state index is 12.7. The molecule has 0 bridgehead atoms. The third-order valence-electron chi connectivity index (χ3n) is 8.40. The molecule has 0 aromatic heterocycles. The number of benzene rings is 2. The third kappa shape index (κ3) is 9.08. The monoisotopic (exact) mass is 534 g/mol. The lowest BCUT2D eigenvalue weighted by atomic mass is 9.85. The number of hydrogen-bond donors (Lipinski definition) is 0. The molecule has 1 heterocycles. The van der Waals surface area contributed by atoms with E-state index in [1.54, 1.807) is 0 Å². The summed E-state index contributed by atoms with van der Waals surface area (Å²) in [5.74, 6) is 0.595. The van der Waals surface area contributed by atoms with Crippen LogP contribution in [-0.4, -0.2) is 52.3 Å². The van der Waals surface area contributed by atoms with Crippen LogP contribution in [0.3, 0.4) is 0 Å². The molecule has 1 saturated carbocycles. The average molecular weight is 535 g/mol. The molecule has 1 saturated heterocycles. The van der Waals surface area contributed by atoms with Gasteiger partial charge in [-0.15, -0.1) is 0 Å². The molecule has 4 rings (SSSR count). The first-order valence-corrected chi connectivity index (χ1v) is 15.1. The van der Waals surface area contributed by atoms with E-state index in [4.69, 9.17) is 9.47 Å². The molecule has 214 valence electrons. The molecule has 0 spiro atoms. The van der Waals surface area contributed by atoms with Crippen LogP contribution in [0.5, 0.6) is 0 Å². The second kappa shape index (κ2) is 13.8.